The molecule has 0 heterocycles. The molecule has 0 rings (SSSR count). The molecule has 0 unspecified atom stereocenters. The standard InChI is InChI=1S/C10H20O5Si.C3H8/c1-5-10(11)12-9-16(13-6-2,14-7-3)15-8-4;1-3-2/h5H,1,6-9H2,2-4H3;3H2,1-2H3. The number of carbonyl (C=O) groups is 1. The lowest BCUT2D eigenvalue weighted by molar-refractivity contribution is -0.137. The average molecular weight is 292 g/mol. The van der Waals surface area contributed by atoms with Crippen molar-refractivity contribution >= 4 is 14.8 Å². The van der Waals surface area contributed by atoms with Gasteiger partial charge in [0.15, 0.2) is 6.23 Å². The van der Waals surface area contributed by atoms with Crippen LogP contribution in [0.1, 0.15) is 41.0 Å². The molecule has 19 heavy (non-hydrogen) atoms. The topological polar surface area (TPSA) is 54.0 Å². The van der Waals surface area contributed by atoms with Crippen molar-refractivity contribution in [2.24, 2.45) is 0 Å². The fourth-order valence-corrected chi connectivity index (χ4v) is 3.27. The summed E-state index contributed by atoms with van der Waals surface area (Å²) in [5.41, 5.74) is 0. The first kappa shape index (κ1) is 20.6. The van der Waals surface area contributed by atoms with Gasteiger partial charge >= 0.3 is 14.8 Å². The Hall–Kier alpha value is -0.693. The predicted octanol–water partition coefficient (Wildman–Crippen LogP) is 2.72. The van der Waals surface area contributed by atoms with Gasteiger partial charge in [0.25, 0.3) is 0 Å². The summed E-state index contributed by atoms with van der Waals surface area (Å²) >= 11 is 0. The van der Waals surface area contributed by atoms with Crippen LogP contribution >= 0.6 is 0 Å². The highest BCUT2D eigenvalue weighted by Crippen LogP contribution is 2.10. The molecule has 114 valence electrons. The highest BCUT2D eigenvalue weighted by atomic mass is 28.4. The van der Waals surface area contributed by atoms with Gasteiger partial charge in [0, 0.05) is 25.9 Å². The van der Waals surface area contributed by atoms with Crippen LogP contribution in [0.5, 0.6) is 0 Å². The number of esters is 1. The van der Waals surface area contributed by atoms with E-state index < -0.39 is 14.8 Å². The van der Waals surface area contributed by atoms with E-state index in [0.717, 1.165) is 6.08 Å². The maximum Gasteiger partial charge on any atom is 0.540 e. The van der Waals surface area contributed by atoms with E-state index in [4.69, 9.17) is 18.0 Å². The number of hydrogen-bond acceptors (Lipinski definition) is 5. The molecule has 0 atom stereocenters. The van der Waals surface area contributed by atoms with E-state index in [9.17, 15) is 4.79 Å². The Morgan fingerprint density at radius 3 is 1.63 bits per heavy atom. The Morgan fingerprint density at radius 1 is 1.00 bits per heavy atom. The van der Waals surface area contributed by atoms with Gasteiger partial charge < -0.3 is 18.0 Å². The van der Waals surface area contributed by atoms with E-state index >= 15 is 0 Å². The van der Waals surface area contributed by atoms with Crippen molar-refractivity contribution in [3.05, 3.63) is 12.7 Å². The molecule has 0 aromatic carbocycles. The van der Waals surface area contributed by atoms with E-state index in [1.54, 1.807) is 0 Å². The summed E-state index contributed by atoms with van der Waals surface area (Å²) in [4.78, 5) is 11.0. The molecule has 0 N–H and O–H groups in total. The van der Waals surface area contributed by atoms with Crippen molar-refractivity contribution in [3.8, 4) is 0 Å². The van der Waals surface area contributed by atoms with E-state index in [0.29, 0.717) is 19.8 Å². The summed E-state index contributed by atoms with van der Waals surface area (Å²) in [6.45, 7) is 14.5. The summed E-state index contributed by atoms with van der Waals surface area (Å²) in [6.07, 6.45) is 2.37. The van der Waals surface area contributed by atoms with Crippen LogP contribution in [0.3, 0.4) is 0 Å². The molecule has 0 bridgehead atoms. The molecule has 0 aromatic rings. The Morgan fingerprint density at radius 2 is 1.37 bits per heavy atom. The summed E-state index contributed by atoms with van der Waals surface area (Å²) < 4.78 is 21.4. The number of hydrogen-bond donors (Lipinski definition) is 0. The van der Waals surface area contributed by atoms with Crippen LogP contribution in [-0.4, -0.2) is 40.8 Å². The zero-order valence-corrected chi connectivity index (χ0v) is 13.9. The first-order chi connectivity index (χ1) is 9.05. The van der Waals surface area contributed by atoms with Crippen LogP contribution < -0.4 is 0 Å². The first-order valence-corrected chi connectivity index (χ1v) is 8.69. The molecule has 0 aromatic heterocycles. The Labute approximate surface area is 118 Å². The van der Waals surface area contributed by atoms with Crippen LogP contribution in [0.2, 0.25) is 0 Å². The molecule has 0 aliphatic carbocycles. The SMILES string of the molecule is C=CC(=O)OC[Si](OCC)(OCC)OCC.CCC. The summed E-state index contributed by atoms with van der Waals surface area (Å²) in [6, 6.07) is 0. The maximum atomic E-state index is 11.0. The van der Waals surface area contributed by atoms with Gasteiger partial charge in [0.1, 0.15) is 0 Å². The molecule has 0 saturated carbocycles. The van der Waals surface area contributed by atoms with Crippen molar-refractivity contribution < 1.29 is 22.8 Å². The molecule has 0 fully saturated rings. The lowest BCUT2D eigenvalue weighted by Crippen LogP contribution is -2.51. The Kier molecular flexibility index (Phi) is 14.9. The molecule has 5 nitrogen and oxygen atoms in total. The van der Waals surface area contributed by atoms with E-state index in [2.05, 4.69) is 20.4 Å². The van der Waals surface area contributed by atoms with Gasteiger partial charge in [-0.15, -0.1) is 0 Å². The quantitative estimate of drug-likeness (QED) is 0.371. The normalized spacial score (nSPS) is 10.4. The fourth-order valence-electron chi connectivity index (χ4n) is 1.13. The third-order valence-electron chi connectivity index (χ3n) is 1.65. The zero-order valence-electron chi connectivity index (χ0n) is 12.9. The van der Waals surface area contributed by atoms with Gasteiger partial charge in [-0.1, -0.05) is 26.8 Å². The molecule has 6 heteroatoms. The molecular formula is C13H28O5Si. The van der Waals surface area contributed by atoms with E-state index in [1.165, 1.54) is 6.42 Å². The zero-order chi connectivity index (χ0) is 15.1. The predicted molar refractivity (Wildman–Crippen MR) is 77.8 cm³/mol. The fraction of sp³-hybridized carbons (Fsp3) is 0.769. The molecular weight excluding hydrogens is 264 g/mol. The second kappa shape index (κ2) is 13.7. The van der Waals surface area contributed by atoms with E-state index in [-0.39, 0.29) is 6.23 Å². The third kappa shape index (κ3) is 10.9. The van der Waals surface area contributed by atoms with Gasteiger partial charge in [-0.2, -0.15) is 0 Å². The molecule has 0 aliphatic rings. The molecule has 0 radical (unpaired) electrons. The molecule has 0 aliphatic heterocycles. The van der Waals surface area contributed by atoms with E-state index in [1.807, 2.05) is 20.8 Å². The average Bonchev–Trinajstić information content (AvgIpc) is 2.38. The molecule has 0 amide bonds. The van der Waals surface area contributed by atoms with Crippen molar-refractivity contribution in [1.82, 2.24) is 0 Å². The first-order valence-electron chi connectivity index (χ1n) is 6.76. The van der Waals surface area contributed by atoms with Gasteiger partial charge in [0.2, 0.25) is 0 Å². The minimum atomic E-state index is -2.87. The van der Waals surface area contributed by atoms with Crippen LogP contribution in [0.15, 0.2) is 12.7 Å². The number of rotatable bonds is 9. The van der Waals surface area contributed by atoms with Crippen molar-refractivity contribution in [3.63, 3.8) is 0 Å². The lowest BCUT2D eigenvalue weighted by Gasteiger charge is -2.27. The summed E-state index contributed by atoms with van der Waals surface area (Å²) in [7, 11) is -2.87. The van der Waals surface area contributed by atoms with Crippen molar-refractivity contribution in [1.29, 1.82) is 0 Å². The summed E-state index contributed by atoms with van der Waals surface area (Å²) in [5.74, 6) is -0.504. The van der Waals surface area contributed by atoms with Gasteiger partial charge in [-0.25, -0.2) is 4.79 Å². The molecule has 0 saturated heterocycles. The third-order valence-corrected chi connectivity index (χ3v) is 4.33. The Balaban J connectivity index is 0. The highest BCUT2D eigenvalue weighted by molar-refractivity contribution is 6.60. The van der Waals surface area contributed by atoms with Crippen molar-refractivity contribution in [2.45, 2.75) is 41.0 Å². The van der Waals surface area contributed by atoms with Gasteiger partial charge in [0.05, 0.1) is 0 Å². The monoisotopic (exact) mass is 292 g/mol. The molecule has 0 spiro atoms. The minimum Gasteiger partial charge on any atom is -0.458 e. The number of carbonyl (C=O) groups excluding carboxylic acids is 1. The second-order valence-electron chi connectivity index (χ2n) is 3.50. The Bertz CT molecular complexity index is 216. The van der Waals surface area contributed by atoms with Crippen LogP contribution in [0.25, 0.3) is 0 Å². The minimum absolute atomic E-state index is 0.0212. The van der Waals surface area contributed by atoms with Crippen molar-refractivity contribution in [2.75, 3.05) is 26.1 Å². The van der Waals surface area contributed by atoms with Gasteiger partial charge in [-0.3, -0.25) is 0 Å². The van der Waals surface area contributed by atoms with Crippen LogP contribution in [0.4, 0.5) is 0 Å². The smallest absolute Gasteiger partial charge is 0.458 e. The van der Waals surface area contributed by atoms with Gasteiger partial charge in [-0.05, 0) is 20.8 Å². The summed E-state index contributed by atoms with van der Waals surface area (Å²) in [5, 5.41) is 0. The largest absolute Gasteiger partial charge is 0.540 e. The van der Waals surface area contributed by atoms with Crippen LogP contribution in [-0.2, 0) is 22.8 Å². The maximum absolute atomic E-state index is 11.0. The highest BCUT2D eigenvalue weighted by Gasteiger charge is 2.42. The second-order valence-corrected chi connectivity index (χ2v) is 6.02. The van der Waals surface area contributed by atoms with Crippen LogP contribution in [0, 0.1) is 0 Å². The number of ether oxygens (including phenoxy) is 1. The lowest BCUT2D eigenvalue weighted by atomic mass is 10.6.